The van der Waals surface area contributed by atoms with Crippen LogP contribution in [0.5, 0.6) is 0 Å². The molecule has 2 aromatic heterocycles. The van der Waals surface area contributed by atoms with E-state index in [1.165, 1.54) is 36.5 Å². The maximum Gasteiger partial charge on any atom is 0.151 e. The summed E-state index contributed by atoms with van der Waals surface area (Å²) in [6.45, 7) is 0. The number of nitrogens with zero attached hydrogens (tertiary/aromatic N) is 6. The molecule has 42 heavy (non-hydrogen) atoms. The van der Waals surface area contributed by atoms with Crippen molar-refractivity contribution in [2.24, 2.45) is 0 Å². The second kappa shape index (κ2) is 11.6. The molecule has 3 aromatic carbocycles. The number of hydrogen-bond acceptors (Lipinski definition) is 7. The first-order chi connectivity index (χ1) is 20.9. The van der Waals surface area contributed by atoms with E-state index < -0.39 is 17.7 Å². The smallest absolute Gasteiger partial charge is 0.151 e. The molecule has 1 aliphatic rings. The third-order valence-electron chi connectivity index (χ3n) is 7.20. The molecular formula is C32H26F2N8. The fourth-order valence-corrected chi connectivity index (χ4v) is 4.92. The fraction of sp³-hybridized carbons (Fsp3) is 0.219. The fourth-order valence-electron chi connectivity index (χ4n) is 4.92. The summed E-state index contributed by atoms with van der Waals surface area (Å²) in [5, 5.41) is 34.5. The standard InChI is InChI=1S/C32H26F2N8/c33-23-10-8-21(9-11-23)31(29-19-42(41-40-29)25-12-13-25)38-24-15-26-30(22(17-36)18-37-32(26)27(34)16-24)39-28(7-4-14-35)20-5-2-1-3-6-20/h1-3,5-6,8-11,15-16,18-19,25,28,31,38H,4,7,12-13H2,(H,37,39)/t28?,31-/m1/s1/i31D. The first kappa shape index (κ1) is 25.6. The molecule has 2 N–H and O–H groups in total. The Hall–Kier alpha value is -5.35. The van der Waals surface area contributed by atoms with Crippen molar-refractivity contribution < 1.29 is 10.2 Å². The molecule has 2 atom stereocenters. The Morgan fingerprint density at radius 2 is 1.81 bits per heavy atom. The molecule has 0 bridgehead atoms. The molecule has 0 saturated heterocycles. The second-order valence-corrected chi connectivity index (χ2v) is 10.1. The zero-order valence-corrected chi connectivity index (χ0v) is 22.4. The van der Waals surface area contributed by atoms with Crippen LogP contribution in [0, 0.1) is 34.3 Å². The van der Waals surface area contributed by atoms with Crippen LogP contribution in [0.25, 0.3) is 10.9 Å². The maximum absolute atomic E-state index is 15.7. The molecule has 0 aliphatic heterocycles. The number of halogens is 2. The summed E-state index contributed by atoms with van der Waals surface area (Å²) in [5.74, 6) is -1.12. The van der Waals surface area contributed by atoms with Crippen LogP contribution >= 0.6 is 0 Å². The lowest BCUT2D eigenvalue weighted by atomic mass is 10.00. The van der Waals surface area contributed by atoms with Gasteiger partial charge in [0.05, 0.1) is 43.0 Å². The lowest BCUT2D eigenvalue weighted by Gasteiger charge is -2.23. The predicted molar refractivity (Wildman–Crippen MR) is 154 cm³/mol. The number of pyridine rings is 1. The van der Waals surface area contributed by atoms with Gasteiger partial charge in [0.1, 0.15) is 23.1 Å². The molecule has 1 saturated carbocycles. The molecule has 8 nitrogen and oxygen atoms in total. The minimum absolute atomic E-state index is 0.0381. The molecule has 208 valence electrons. The van der Waals surface area contributed by atoms with Gasteiger partial charge in [0.15, 0.2) is 5.82 Å². The summed E-state index contributed by atoms with van der Waals surface area (Å²) in [6, 6.07) is 20.2. The highest BCUT2D eigenvalue weighted by atomic mass is 19.1. The zero-order chi connectivity index (χ0) is 30.0. The Morgan fingerprint density at radius 3 is 2.52 bits per heavy atom. The van der Waals surface area contributed by atoms with E-state index in [1.54, 1.807) is 16.9 Å². The van der Waals surface area contributed by atoms with Crippen LogP contribution in [0.1, 0.15) is 67.5 Å². The van der Waals surface area contributed by atoms with Crippen molar-refractivity contribution in [1.29, 1.82) is 10.5 Å². The first-order valence-electron chi connectivity index (χ1n) is 14.1. The normalized spacial score (nSPS) is 15.2. The largest absolute Gasteiger partial charge is 0.377 e. The van der Waals surface area contributed by atoms with Gasteiger partial charge in [0.25, 0.3) is 0 Å². The summed E-state index contributed by atoms with van der Waals surface area (Å²) >= 11 is 0. The van der Waals surface area contributed by atoms with E-state index in [9.17, 15) is 16.3 Å². The lowest BCUT2D eigenvalue weighted by molar-refractivity contribution is 0.610. The van der Waals surface area contributed by atoms with Gasteiger partial charge in [-0.3, -0.25) is 4.98 Å². The number of nitriles is 2. The third kappa shape index (κ3) is 5.61. The van der Waals surface area contributed by atoms with Crippen LogP contribution < -0.4 is 10.6 Å². The van der Waals surface area contributed by atoms with Crippen LogP contribution in [0.3, 0.4) is 0 Å². The molecular weight excluding hydrogens is 534 g/mol. The van der Waals surface area contributed by atoms with Gasteiger partial charge in [-0.2, -0.15) is 10.5 Å². The van der Waals surface area contributed by atoms with Crippen molar-refractivity contribution >= 4 is 22.3 Å². The number of aromatic nitrogens is 4. The topological polar surface area (TPSA) is 115 Å². The van der Waals surface area contributed by atoms with Crippen molar-refractivity contribution in [3.8, 4) is 12.1 Å². The van der Waals surface area contributed by atoms with Crippen molar-refractivity contribution in [1.82, 2.24) is 20.0 Å². The highest BCUT2D eigenvalue weighted by Gasteiger charge is 2.27. The van der Waals surface area contributed by atoms with Gasteiger partial charge in [-0.1, -0.05) is 47.7 Å². The van der Waals surface area contributed by atoms with Gasteiger partial charge in [-0.25, -0.2) is 13.5 Å². The lowest BCUT2D eigenvalue weighted by Crippen LogP contribution is -2.14. The quantitative estimate of drug-likeness (QED) is 0.189. The Bertz CT molecular complexity index is 1860. The van der Waals surface area contributed by atoms with E-state index >= 15 is 4.39 Å². The second-order valence-electron chi connectivity index (χ2n) is 10.1. The van der Waals surface area contributed by atoms with Crippen molar-refractivity contribution in [2.45, 2.75) is 43.8 Å². The van der Waals surface area contributed by atoms with E-state index in [4.69, 9.17) is 0 Å². The predicted octanol–water partition coefficient (Wildman–Crippen LogP) is 6.97. The molecule has 0 amide bonds. The summed E-state index contributed by atoms with van der Waals surface area (Å²) in [5.41, 5.74) is 2.36. The maximum atomic E-state index is 15.7. The van der Waals surface area contributed by atoms with Gasteiger partial charge in [0, 0.05) is 23.7 Å². The van der Waals surface area contributed by atoms with Crippen molar-refractivity contribution in [2.75, 3.05) is 10.6 Å². The SMILES string of the molecule is [2H][C@@](Nc1cc(F)c2ncc(C#N)c(NC(CCC#N)c3ccccc3)c2c1)(c1ccc(F)cc1)c1cn(C2CC2)nn1. The molecule has 6 rings (SSSR count). The molecule has 1 unspecified atom stereocenters. The Kier molecular flexibility index (Phi) is 7.09. The third-order valence-corrected chi connectivity index (χ3v) is 7.20. The molecule has 0 radical (unpaired) electrons. The van der Waals surface area contributed by atoms with Crippen LogP contribution in [0.2, 0.25) is 0 Å². The highest BCUT2D eigenvalue weighted by molar-refractivity contribution is 5.96. The molecule has 10 heteroatoms. The summed E-state index contributed by atoms with van der Waals surface area (Å²) in [4.78, 5) is 4.22. The minimum atomic E-state index is -1.76. The van der Waals surface area contributed by atoms with E-state index in [0.717, 1.165) is 18.4 Å². The molecule has 1 aliphatic carbocycles. The summed E-state index contributed by atoms with van der Waals surface area (Å²) in [7, 11) is 0. The minimum Gasteiger partial charge on any atom is -0.377 e. The van der Waals surface area contributed by atoms with E-state index in [1.807, 2.05) is 30.3 Å². The monoisotopic (exact) mass is 561 g/mol. The van der Waals surface area contributed by atoms with E-state index in [0.29, 0.717) is 23.1 Å². The highest BCUT2D eigenvalue weighted by Crippen LogP contribution is 2.37. The number of hydrogen-bond donors (Lipinski definition) is 2. The molecule has 2 heterocycles. The van der Waals surface area contributed by atoms with Gasteiger partial charge in [-0.05, 0) is 54.7 Å². The molecule has 1 fully saturated rings. The summed E-state index contributed by atoms with van der Waals surface area (Å²) < 4.78 is 40.7. The molecule has 5 aromatic rings. The van der Waals surface area contributed by atoms with E-state index in [-0.39, 0.29) is 41.0 Å². The van der Waals surface area contributed by atoms with Gasteiger partial charge >= 0.3 is 0 Å². The number of rotatable bonds is 10. The van der Waals surface area contributed by atoms with E-state index in [2.05, 4.69) is 38.1 Å². The van der Waals surface area contributed by atoms with Gasteiger partial charge < -0.3 is 10.6 Å². The Balaban J connectivity index is 1.45. The summed E-state index contributed by atoms with van der Waals surface area (Å²) in [6.07, 6.45) is 5.65. The number of nitrogens with one attached hydrogen (secondary N) is 2. The molecule has 0 spiro atoms. The van der Waals surface area contributed by atoms with Crippen LogP contribution in [-0.2, 0) is 0 Å². The zero-order valence-electron chi connectivity index (χ0n) is 23.4. The average Bonchev–Trinajstić information content (AvgIpc) is 3.75. The number of anilines is 2. The van der Waals surface area contributed by atoms with Crippen LogP contribution in [-0.4, -0.2) is 20.0 Å². The Morgan fingerprint density at radius 1 is 1.02 bits per heavy atom. The van der Waals surface area contributed by atoms with Gasteiger partial charge in [0.2, 0.25) is 0 Å². The first-order valence-corrected chi connectivity index (χ1v) is 13.6. The average molecular weight is 562 g/mol. The van der Waals surface area contributed by atoms with Gasteiger partial charge in [-0.15, -0.1) is 5.10 Å². The van der Waals surface area contributed by atoms with Crippen molar-refractivity contribution in [3.63, 3.8) is 0 Å². The Labute approximate surface area is 242 Å². The number of fused-ring (bicyclic) bond motifs is 1. The van der Waals surface area contributed by atoms with Crippen LogP contribution in [0.4, 0.5) is 20.2 Å². The van der Waals surface area contributed by atoms with Crippen LogP contribution in [0.15, 0.2) is 79.1 Å². The number of benzene rings is 3. The van der Waals surface area contributed by atoms with Crippen molar-refractivity contribution in [3.05, 3.63) is 113 Å².